The molecule has 0 saturated carbocycles. The van der Waals surface area contributed by atoms with E-state index in [1.54, 1.807) is 0 Å². The van der Waals surface area contributed by atoms with Crippen LogP contribution in [0.4, 0.5) is 17.1 Å². The van der Waals surface area contributed by atoms with Gasteiger partial charge in [-0.15, -0.1) is 10.2 Å². The lowest BCUT2D eigenvalue weighted by atomic mass is 9.97. The van der Waals surface area contributed by atoms with E-state index in [4.69, 9.17) is 4.42 Å². The summed E-state index contributed by atoms with van der Waals surface area (Å²) in [5.41, 5.74) is 14.5. The zero-order valence-electron chi connectivity index (χ0n) is 30.7. The molecule has 5 nitrogen and oxygen atoms in total. The Kier molecular flexibility index (Phi) is 8.30. The largest absolute Gasteiger partial charge is 0.416 e. The van der Waals surface area contributed by atoms with Gasteiger partial charge in [0, 0.05) is 44.6 Å². The van der Waals surface area contributed by atoms with E-state index in [0.29, 0.717) is 11.8 Å². The van der Waals surface area contributed by atoms with Crippen molar-refractivity contribution in [1.82, 2.24) is 14.8 Å². The van der Waals surface area contributed by atoms with Gasteiger partial charge in [-0.2, -0.15) is 0 Å². The zero-order chi connectivity index (χ0) is 37.4. The lowest BCUT2D eigenvalue weighted by molar-refractivity contribution is 0.584. The molecule has 0 amide bonds. The highest BCUT2D eigenvalue weighted by molar-refractivity contribution is 6.12. The van der Waals surface area contributed by atoms with Gasteiger partial charge in [-0.1, -0.05) is 103 Å². The van der Waals surface area contributed by atoms with E-state index >= 15 is 0 Å². The molecule has 0 unspecified atom stereocenters. The van der Waals surface area contributed by atoms with E-state index in [9.17, 15) is 0 Å². The van der Waals surface area contributed by atoms with Crippen molar-refractivity contribution < 1.29 is 4.42 Å². The summed E-state index contributed by atoms with van der Waals surface area (Å²) in [4.78, 5) is 2.27. The SMILES string of the molecule is Cc1cc2c(cc1-c1ccccc1)c1cc(-c3ccccc3)ccc1n2-c1ccc(N(c2ccccc2)c2ccc(-c3nnc(-c4ccccc4)o3)cc2)cc1. The second kappa shape index (κ2) is 14.0. The molecule has 0 aliphatic rings. The average Bonchev–Trinajstić information content (AvgIpc) is 3.89. The number of aromatic nitrogens is 3. The monoisotopic (exact) mass is 720 g/mol. The molecule has 0 saturated heterocycles. The summed E-state index contributed by atoms with van der Waals surface area (Å²) in [7, 11) is 0. The van der Waals surface area contributed by atoms with Crippen LogP contribution in [0.1, 0.15) is 5.56 Å². The van der Waals surface area contributed by atoms with Crippen molar-refractivity contribution in [2.24, 2.45) is 0 Å². The van der Waals surface area contributed by atoms with Crippen LogP contribution in [0.5, 0.6) is 0 Å². The van der Waals surface area contributed by atoms with Crippen molar-refractivity contribution in [3.05, 3.63) is 206 Å². The first kappa shape index (κ1) is 33.1. The summed E-state index contributed by atoms with van der Waals surface area (Å²) < 4.78 is 8.47. The van der Waals surface area contributed by atoms with Gasteiger partial charge in [0.2, 0.25) is 11.8 Å². The molecule has 10 aromatic rings. The first-order valence-corrected chi connectivity index (χ1v) is 18.8. The van der Waals surface area contributed by atoms with Gasteiger partial charge in [-0.3, -0.25) is 0 Å². The Hall–Kier alpha value is -7.50. The van der Waals surface area contributed by atoms with E-state index in [0.717, 1.165) is 33.9 Å². The first-order valence-electron chi connectivity index (χ1n) is 18.8. The number of hydrogen-bond acceptors (Lipinski definition) is 4. The van der Waals surface area contributed by atoms with Crippen LogP contribution in [0.3, 0.4) is 0 Å². The molecule has 0 spiro atoms. The highest BCUT2D eigenvalue weighted by Crippen LogP contribution is 2.40. The minimum absolute atomic E-state index is 0.485. The predicted molar refractivity (Wildman–Crippen MR) is 230 cm³/mol. The quantitative estimate of drug-likeness (QED) is 0.157. The number of fused-ring (bicyclic) bond motifs is 3. The molecule has 0 fully saturated rings. The Morgan fingerprint density at radius 3 is 1.52 bits per heavy atom. The third-order valence-electron chi connectivity index (χ3n) is 10.5. The van der Waals surface area contributed by atoms with Crippen LogP contribution in [0.2, 0.25) is 0 Å². The topological polar surface area (TPSA) is 47.1 Å². The summed E-state index contributed by atoms with van der Waals surface area (Å²) in [6.07, 6.45) is 0. The van der Waals surface area contributed by atoms with Gasteiger partial charge in [-0.05, 0) is 132 Å². The maximum atomic E-state index is 6.06. The maximum absolute atomic E-state index is 6.06. The Balaban J connectivity index is 1.06. The standard InChI is InChI=1S/C51H36N4O/c1-35-32-49-47(34-45(35)37-16-8-3-9-17-37)46-33-40(36-14-6-2-7-15-36)24-31-48(46)55(49)44-29-27-43(28-30-44)54(41-20-12-5-13-21-41)42-25-22-39(23-26-42)51-53-52-50(56-51)38-18-10-4-11-19-38/h2-34H,1H3. The molecular weight excluding hydrogens is 685 g/mol. The molecule has 5 heteroatoms. The number of nitrogens with zero attached hydrogens (tertiary/aromatic N) is 4. The zero-order valence-corrected chi connectivity index (χ0v) is 30.7. The van der Waals surface area contributed by atoms with Gasteiger partial charge in [0.15, 0.2) is 0 Å². The number of para-hydroxylation sites is 1. The Morgan fingerprint density at radius 1 is 0.411 bits per heavy atom. The van der Waals surface area contributed by atoms with Gasteiger partial charge < -0.3 is 13.9 Å². The van der Waals surface area contributed by atoms with E-state index < -0.39 is 0 Å². The molecule has 0 aliphatic heterocycles. The van der Waals surface area contributed by atoms with E-state index in [2.05, 4.69) is 178 Å². The lowest BCUT2D eigenvalue weighted by Crippen LogP contribution is -2.10. The number of anilines is 3. The third-order valence-corrected chi connectivity index (χ3v) is 10.5. The number of rotatable bonds is 8. The molecule has 266 valence electrons. The molecule has 0 bridgehead atoms. The fraction of sp³-hybridized carbons (Fsp3) is 0.0196. The molecule has 0 N–H and O–H groups in total. The van der Waals surface area contributed by atoms with Crippen molar-refractivity contribution in [2.45, 2.75) is 6.92 Å². The van der Waals surface area contributed by atoms with Crippen LogP contribution >= 0.6 is 0 Å². The van der Waals surface area contributed by atoms with E-state index in [1.807, 2.05) is 48.5 Å². The molecule has 0 atom stereocenters. The van der Waals surface area contributed by atoms with Crippen molar-refractivity contribution in [2.75, 3.05) is 4.90 Å². The van der Waals surface area contributed by atoms with Gasteiger partial charge in [0.25, 0.3) is 0 Å². The maximum Gasteiger partial charge on any atom is 0.248 e. The minimum atomic E-state index is 0.485. The summed E-state index contributed by atoms with van der Waals surface area (Å²) in [5.74, 6) is 0.988. The van der Waals surface area contributed by atoms with Crippen LogP contribution in [-0.4, -0.2) is 14.8 Å². The highest BCUT2D eigenvalue weighted by Gasteiger charge is 2.19. The van der Waals surface area contributed by atoms with Crippen LogP contribution in [0.25, 0.3) is 72.7 Å². The minimum Gasteiger partial charge on any atom is -0.416 e. The second-order valence-corrected chi connectivity index (χ2v) is 14.0. The highest BCUT2D eigenvalue weighted by atomic mass is 16.4. The Morgan fingerprint density at radius 2 is 0.893 bits per heavy atom. The van der Waals surface area contributed by atoms with Crippen molar-refractivity contribution in [1.29, 1.82) is 0 Å². The van der Waals surface area contributed by atoms with Gasteiger partial charge in [-0.25, -0.2) is 0 Å². The van der Waals surface area contributed by atoms with Gasteiger partial charge in [0.05, 0.1) is 11.0 Å². The Labute approximate surface area is 325 Å². The summed E-state index contributed by atoms with van der Waals surface area (Å²) in [5, 5.41) is 11.1. The molecule has 10 rings (SSSR count). The van der Waals surface area contributed by atoms with Gasteiger partial charge >= 0.3 is 0 Å². The van der Waals surface area contributed by atoms with Crippen LogP contribution in [-0.2, 0) is 0 Å². The van der Waals surface area contributed by atoms with Crippen LogP contribution < -0.4 is 4.90 Å². The van der Waals surface area contributed by atoms with Crippen molar-refractivity contribution in [3.63, 3.8) is 0 Å². The molecule has 0 aliphatic carbocycles. The summed E-state index contributed by atoms with van der Waals surface area (Å²) in [6.45, 7) is 2.21. The average molecular weight is 721 g/mol. The molecular formula is C51H36N4O. The normalized spacial score (nSPS) is 11.3. The molecule has 8 aromatic carbocycles. The summed E-state index contributed by atoms with van der Waals surface area (Å²) >= 11 is 0. The molecule has 56 heavy (non-hydrogen) atoms. The fourth-order valence-corrected chi connectivity index (χ4v) is 7.75. The smallest absolute Gasteiger partial charge is 0.248 e. The number of aryl methyl sites for hydroxylation is 1. The second-order valence-electron chi connectivity index (χ2n) is 14.0. The van der Waals surface area contributed by atoms with Crippen molar-refractivity contribution in [3.8, 4) is 50.8 Å². The van der Waals surface area contributed by atoms with E-state index in [1.165, 1.54) is 49.6 Å². The van der Waals surface area contributed by atoms with Crippen LogP contribution in [0, 0.1) is 6.92 Å². The summed E-state index contributed by atoms with van der Waals surface area (Å²) in [6, 6.07) is 70.3. The fourth-order valence-electron chi connectivity index (χ4n) is 7.75. The predicted octanol–water partition coefficient (Wildman–Crippen LogP) is 13.6. The molecule has 2 heterocycles. The lowest BCUT2D eigenvalue weighted by Gasteiger charge is -2.26. The number of hydrogen-bond donors (Lipinski definition) is 0. The molecule has 0 radical (unpaired) electrons. The van der Waals surface area contributed by atoms with Crippen molar-refractivity contribution >= 4 is 38.9 Å². The van der Waals surface area contributed by atoms with Crippen LogP contribution in [0.15, 0.2) is 205 Å². The number of benzene rings is 8. The van der Waals surface area contributed by atoms with E-state index in [-0.39, 0.29) is 0 Å². The van der Waals surface area contributed by atoms with Gasteiger partial charge in [0.1, 0.15) is 0 Å². The first-order chi connectivity index (χ1) is 27.7. The molecule has 2 aromatic heterocycles. The third kappa shape index (κ3) is 6.02. The Bertz CT molecular complexity index is 2940.